The van der Waals surface area contributed by atoms with Gasteiger partial charge in [-0.3, -0.25) is 0 Å². The van der Waals surface area contributed by atoms with Crippen LogP contribution in [0.25, 0.3) is 16.2 Å². The van der Waals surface area contributed by atoms with E-state index >= 15 is 0 Å². The SMILES string of the molecule is C=C/C=C\c1c(S)sc2c(CC)cccc12. The Morgan fingerprint density at radius 2 is 2.25 bits per heavy atom. The second-order valence-corrected chi connectivity index (χ2v) is 5.33. The van der Waals surface area contributed by atoms with Crippen LogP contribution in [-0.4, -0.2) is 0 Å². The van der Waals surface area contributed by atoms with E-state index < -0.39 is 0 Å². The number of thiol groups is 1. The minimum atomic E-state index is 1.07. The molecular formula is C14H14S2. The summed E-state index contributed by atoms with van der Waals surface area (Å²) in [7, 11) is 0. The summed E-state index contributed by atoms with van der Waals surface area (Å²) < 4.78 is 2.44. The van der Waals surface area contributed by atoms with E-state index in [4.69, 9.17) is 0 Å². The first kappa shape index (κ1) is 11.5. The van der Waals surface area contributed by atoms with Crippen LogP contribution in [0, 0.1) is 0 Å². The van der Waals surface area contributed by atoms with Gasteiger partial charge in [0.2, 0.25) is 0 Å². The Morgan fingerprint density at radius 1 is 1.44 bits per heavy atom. The average molecular weight is 246 g/mol. The minimum absolute atomic E-state index is 1.07. The fourth-order valence-electron chi connectivity index (χ4n) is 1.79. The summed E-state index contributed by atoms with van der Waals surface area (Å²) >= 11 is 6.31. The lowest BCUT2D eigenvalue weighted by Gasteiger charge is -1.98. The molecule has 1 aromatic heterocycles. The lowest BCUT2D eigenvalue weighted by Crippen LogP contribution is -1.79. The lowest BCUT2D eigenvalue weighted by molar-refractivity contribution is 1.16. The van der Waals surface area contributed by atoms with E-state index in [1.54, 1.807) is 17.4 Å². The van der Waals surface area contributed by atoms with E-state index in [1.807, 2.05) is 6.08 Å². The van der Waals surface area contributed by atoms with Gasteiger partial charge >= 0.3 is 0 Å². The molecule has 0 N–H and O–H groups in total. The normalized spacial score (nSPS) is 11.4. The molecule has 82 valence electrons. The first-order valence-electron chi connectivity index (χ1n) is 5.30. The smallest absolute Gasteiger partial charge is 0.0653 e. The van der Waals surface area contributed by atoms with Crippen molar-refractivity contribution < 1.29 is 0 Å². The summed E-state index contributed by atoms with van der Waals surface area (Å²) in [5.74, 6) is 0. The molecule has 0 atom stereocenters. The Morgan fingerprint density at radius 3 is 2.94 bits per heavy atom. The largest absolute Gasteiger partial charge is 0.132 e. The zero-order chi connectivity index (χ0) is 11.5. The Balaban J connectivity index is 2.70. The molecule has 0 amide bonds. The second-order valence-electron chi connectivity index (χ2n) is 3.56. The van der Waals surface area contributed by atoms with E-state index in [1.165, 1.54) is 21.2 Å². The Hall–Kier alpha value is -0.990. The van der Waals surface area contributed by atoms with Gasteiger partial charge in [0.1, 0.15) is 0 Å². The number of allylic oxidation sites excluding steroid dienone is 2. The topological polar surface area (TPSA) is 0 Å². The van der Waals surface area contributed by atoms with Crippen LogP contribution in [-0.2, 0) is 6.42 Å². The van der Waals surface area contributed by atoms with Crippen molar-refractivity contribution in [2.75, 3.05) is 0 Å². The maximum atomic E-state index is 4.55. The molecule has 0 saturated heterocycles. The summed E-state index contributed by atoms with van der Waals surface area (Å²) in [6.07, 6.45) is 6.89. The molecule has 0 unspecified atom stereocenters. The van der Waals surface area contributed by atoms with Crippen LogP contribution in [0.2, 0.25) is 0 Å². The number of benzene rings is 1. The third kappa shape index (κ3) is 1.95. The van der Waals surface area contributed by atoms with Crippen molar-refractivity contribution in [2.24, 2.45) is 0 Å². The standard InChI is InChI=1S/C14H14S2/c1-3-5-8-12-11-9-6-7-10(4-2)13(11)16-14(12)15/h3,5-9,15H,1,4H2,2H3/b8-5-. The molecule has 0 fully saturated rings. The van der Waals surface area contributed by atoms with Crippen LogP contribution in [0.15, 0.2) is 41.1 Å². The van der Waals surface area contributed by atoms with Crippen molar-refractivity contribution >= 4 is 40.1 Å². The second kappa shape index (κ2) is 4.89. The molecule has 0 saturated carbocycles. The Kier molecular flexibility index (Phi) is 3.52. The van der Waals surface area contributed by atoms with Gasteiger partial charge in [0.15, 0.2) is 0 Å². The summed E-state index contributed by atoms with van der Waals surface area (Å²) in [6, 6.07) is 6.47. The number of aryl methyl sites for hydroxylation is 1. The van der Waals surface area contributed by atoms with Crippen LogP contribution in [0.3, 0.4) is 0 Å². The Bertz CT molecular complexity index is 547. The molecule has 0 radical (unpaired) electrons. The van der Waals surface area contributed by atoms with Crippen molar-refractivity contribution in [3.05, 3.63) is 48.1 Å². The maximum absolute atomic E-state index is 4.55. The molecule has 0 aliphatic carbocycles. The van der Waals surface area contributed by atoms with Gasteiger partial charge < -0.3 is 0 Å². The van der Waals surface area contributed by atoms with Crippen molar-refractivity contribution in [2.45, 2.75) is 17.6 Å². The van der Waals surface area contributed by atoms with Gasteiger partial charge in [0.25, 0.3) is 0 Å². The Labute approximate surface area is 106 Å². The van der Waals surface area contributed by atoms with E-state index in [2.05, 4.69) is 50.4 Å². The highest BCUT2D eigenvalue weighted by Crippen LogP contribution is 2.36. The van der Waals surface area contributed by atoms with Crippen molar-refractivity contribution in [1.82, 2.24) is 0 Å². The summed E-state index contributed by atoms with van der Waals surface area (Å²) in [5, 5.41) is 1.30. The van der Waals surface area contributed by atoms with Gasteiger partial charge in [-0.05, 0) is 12.0 Å². The molecule has 16 heavy (non-hydrogen) atoms. The highest BCUT2D eigenvalue weighted by molar-refractivity contribution is 7.83. The highest BCUT2D eigenvalue weighted by atomic mass is 32.2. The maximum Gasteiger partial charge on any atom is 0.0653 e. The van der Waals surface area contributed by atoms with Gasteiger partial charge in [-0.2, -0.15) is 0 Å². The number of rotatable bonds is 3. The van der Waals surface area contributed by atoms with Crippen molar-refractivity contribution in [3.63, 3.8) is 0 Å². The molecule has 2 rings (SSSR count). The monoisotopic (exact) mass is 246 g/mol. The third-order valence-corrected chi connectivity index (χ3v) is 4.21. The first-order chi connectivity index (χ1) is 7.77. The van der Waals surface area contributed by atoms with Crippen molar-refractivity contribution in [3.8, 4) is 0 Å². The van der Waals surface area contributed by atoms with Crippen LogP contribution in [0.5, 0.6) is 0 Å². The lowest BCUT2D eigenvalue weighted by atomic mass is 10.1. The zero-order valence-electron chi connectivity index (χ0n) is 9.23. The molecule has 0 aliphatic rings. The van der Waals surface area contributed by atoms with Crippen molar-refractivity contribution in [1.29, 1.82) is 0 Å². The number of thiophene rings is 1. The van der Waals surface area contributed by atoms with Gasteiger partial charge in [-0.1, -0.05) is 49.9 Å². The average Bonchev–Trinajstić information content (AvgIpc) is 2.62. The molecule has 0 bridgehead atoms. The summed E-state index contributed by atoms with van der Waals surface area (Å²) in [4.78, 5) is 0. The quantitative estimate of drug-likeness (QED) is 0.575. The highest BCUT2D eigenvalue weighted by Gasteiger charge is 2.09. The van der Waals surface area contributed by atoms with Gasteiger partial charge in [0, 0.05) is 15.6 Å². The molecule has 0 spiro atoms. The van der Waals surface area contributed by atoms with Crippen LogP contribution in [0.1, 0.15) is 18.1 Å². The molecular weight excluding hydrogens is 232 g/mol. The van der Waals surface area contributed by atoms with E-state index in [0.29, 0.717) is 0 Å². The van der Waals surface area contributed by atoms with E-state index in [-0.39, 0.29) is 0 Å². The molecule has 2 aromatic rings. The summed E-state index contributed by atoms with van der Waals surface area (Å²) in [6.45, 7) is 5.88. The molecule has 0 nitrogen and oxygen atoms in total. The fraction of sp³-hybridized carbons (Fsp3) is 0.143. The fourth-order valence-corrected chi connectivity index (χ4v) is 3.37. The minimum Gasteiger partial charge on any atom is -0.132 e. The zero-order valence-corrected chi connectivity index (χ0v) is 10.9. The molecule has 1 heterocycles. The number of hydrogen-bond acceptors (Lipinski definition) is 2. The first-order valence-corrected chi connectivity index (χ1v) is 6.56. The number of fused-ring (bicyclic) bond motifs is 1. The third-order valence-electron chi connectivity index (χ3n) is 2.60. The summed E-state index contributed by atoms with van der Waals surface area (Å²) in [5.41, 5.74) is 2.61. The predicted molar refractivity (Wildman–Crippen MR) is 77.7 cm³/mol. The van der Waals surface area contributed by atoms with Crippen LogP contribution in [0.4, 0.5) is 0 Å². The number of hydrogen-bond donors (Lipinski definition) is 1. The molecule has 2 heteroatoms. The van der Waals surface area contributed by atoms with E-state index in [0.717, 1.165) is 10.6 Å². The van der Waals surface area contributed by atoms with Crippen LogP contribution >= 0.6 is 24.0 Å². The molecule has 0 aliphatic heterocycles. The molecule has 1 aromatic carbocycles. The predicted octanol–water partition coefficient (Wildman–Crippen LogP) is 4.95. The van der Waals surface area contributed by atoms with Gasteiger partial charge in [-0.25, -0.2) is 0 Å². The van der Waals surface area contributed by atoms with Gasteiger partial charge in [0.05, 0.1) is 4.21 Å². The van der Waals surface area contributed by atoms with Gasteiger partial charge in [-0.15, -0.1) is 24.0 Å². The van der Waals surface area contributed by atoms with Crippen LogP contribution < -0.4 is 0 Å². The van der Waals surface area contributed by atoms with E-state index in [9.17, 15) is 0 Å².